The first-order chi connectivity index (χ1) is 15.9. The minimum Gasteiger partial charge on any atom is -0.298 e. The summed E-state index contributed by atoms with van der Waals surface area (Å²) in [6.45, 7) is 7.93. The van der Waals surface area contributed by atoms with Gasteiger partial charge < -0.3 is 0 Å². The predicted octanol–water partition coefficient (Wildman–Crippen LogP) is 4.53. The molecule has 0 aliphatic carbocycles. The van der Waals surface area contributed by atoms with E-state index in [0.717, 1.165) is 68.1 Å². The predicted molar refractivity (Wildman–Crippen MR) is 130 cm³/mol. The molecule has 176 valence electrons. The summed E-state index contributed by atoms with van der Waals surface area (Å²) in [5.74, 6) is 0.421. The zero-order chi connectivity index (χ0) is 23.4. The van der Waals surface area contributed by atoms with Crippen LogP contribution in [-0.4, -0.2) is 50.7 Å². The number of benzene rings is 1. The van der Waals surface area contributed by atoms with E-state index in [1.54, 1.807) is 12.1 Å². The molecular formula is C27H36FN5. The smallest absolute Gasteiger partial charge is 0.126 e. The SMILES string of the molecule is Cc1cccc(CN2CCC([C@H](Cc3ccccc3F)N(C)Cc3cn(C)nc3C)CC2)n1. The van der Waals surface area contributed by atoms with Crippen LogP contribution in [0.3, 0.4) is 0 Å². The zero-order valence-corrected chi connectivity index (χ0v) is 20.3. The lowest BCUT2D eigenvalue weighted by atomic mass is 9.84. The Labute approximate surface area is 197 Å². The number of hydrogen-bond donors (Lipinski definition) is 0. The van der Waals surface area contributed by atoms with Crippen molar-refractivity contribution >= 4 is 0 Å². The van der Waals surface area contributed by atoms with Gasteiger partial charge in [-0.2, -0.15) is 5.10 Å². The quantitative estimate of drug-likeness (QED) is 0.507. The van der Waals surface area contributed by atoms with Crippen molar-refractivity contribution in [3.8, 4) is 0 Å². The molecule has 0 unspecified atom stereocenters. The zero-order valence-electron chi connectivity index (χ0n) is 20.3. The molecule has 1 atom stereocenters. The van der Waals surface area contributed by atoms with E-state index in [1.807, 2.05) is 36.9 Å². The van der Waals surface area contributed by atoms with Gasteiger partial charge >= 0.3 is 0 Å². The summed E-state index contributed by atoms with van der Waals surface area (Å²) >= 11 is 0. The van der Waals surface area contributed by atoms with Crippen LogP contribution in [0.25, 0.3) is 0 Å². The third kappa shape index (κ3) is 6.06. The van der Waals surface area contributed by atoms with Crippen LogP contribution >= 0.6 is 0 Å². The van der Waals surface area contributed by atoms with E-state index >= 15 is 0 Å². The lowest BCUT2D eigenvalue weighted by Gasteiger charge is -2.40. The Balaban J connectivity index is 1.46. The molecule has 4 rings (SSSR count). The molecule has 0 spiro atoms. The Morgan fingerprint density at radius 3 is 2.48 bits per heavy atom. The molecule has 1 aliphatic heterocycles. The number of likely N-dealkylation sites (N-methyl/N-ethyl adjacent to an activating group) is 1. The maximum absolute atomic E-state index is 14.6. The van der Waals surface area contributed by atoms with Crippen molar-refractivity contribution in [3.63, 3.8) is 0 Å². The molecule has 1 aromatic carbocycles. The van der Waals surface area contributed by atoms with Crippen LogP contribution in [0.4, 0.5) is 4.39 Å². The van der Waals surface area contributed by atoms with Crippen LogP contribution in [0.15, 0.2) is 48.7 Å². The van der Waals surface area contributed by atoms with E-state index in [2.05, 4.69) is 52.2 Å². The second-order valence-corrected chi connectivity index (χ2v) is 9.58. The Bertz CT molecular complexity index is 1050. The van der Waals surface area contributed by atoms with Crippen LogP contribution in [0.1, 0.15) is 41.1 Å². The molecule has 0 amide bonds. The van der Waals surface area contributed by atoms with Gasteiger partial charge in [-0.15, -0.1) is 0 Å². The number of pyridine rings is 1. The van der Waals surface area contributed by atoms with Gasteiger partial charge in [0.15, 0.2) is 0 Å². The summed E-state index contributed by atoms with van der Waals surface area (Å²) in [5.41, 5.74) is 5.32. The van der Waals surface area contributed by atoms with Crippen molar-refractivity contribution in [2.24, 2.45) is 13.0 Å². The molecule has 0 bridgehead atoms. The second kappa shape index (κ2) is 10.6. The molecule has 5 nitrogen and oxygen atoms in total. The summed E-state index contributed by atoms with van der Waals surface area (Å²) < 4.78 is 16.4. The van der Waals surface area contributed by atoms with E-state index in [4.69, 9.17) is 0 Å². The molecule has 3 aromatic rings. The maximum atomic E-state index is 14.6. The number of hydrogen-bond acceptors (Lipinski definition) is 4. The number of piperidine rings is 1. The summed E-state index contributed by atoms with van der Waals surface area (Å²) in [7, 11) is 4.15. The Morgan fingerprint density at radius 1 is 1.06 bits per heavy atom. The molecular weight excluding hydrogens is 413 g/mol. The second-order valence-electron chi connectivity index (χ2n) is 9.58. The Morgan fingerprint density at radius 2 is 1.82 bits per heavy atom. The van der Waals surface area contributed by atoms with Gasteiger partial charge in [0.1, 0.15) is 5.82 Å². The van der Waals surface area contributed by atoms with E-state index in [0.29, 0.717) is 5.92 Å². The minimum atomic E-state index is -0.101. The molecule has 1 fully saturated rings. The fourth-order valence-corrected chi connectivity index (χ4v) is 5.17. The topological polar surface area (TPSA) is 37.2 Å². The molecule has 0 saturated carbocycles. The Hall–Kier alpha value is -2.57. The van der Waals surface area contributed by atoms with Crippen LogP contribution in [0.5, 0.6) is 0 Å². The standard InChI is InChI=1S/C27H36FN5/c1-20-8-7-10-25(29-20)19-33-14-12-22(13-15-33)27(16-23-9-5-6-11-26(23)28)31(3)17-24-18-32(4)30-21(24)2/h5-11,18,22,27H,12-17,19H2,1-4H3/t27-/m0/s1. The molecule has 3 heterocycles. The Kier molecular flexibility index (Phi) is 7.56. The first kappa shape index (κ1) is 23.6. The summed E-state index contributed by atoms with van der Waals surface area (Å²) in [5, 5.41) is 4.51. The van der Waals surface area contributed by atoms with E-state index < -0.39 is 0 Å². The van der Waals surface area contributed by atoms with Crippen LogP contribution in [-0.2, 0) is 26.6 Å². The van der Waals surface area contributed by atoms with Crippen molar-refractivity contribution < 1.29 is 4.39 Å². The molecule has 1 saturated heterocycles. The monoisotopic (exact) mass is 449 g/mol. The minimum absolute atomic E-state index is 0.101. The highest BCUT2D eigenvalue weighted by atomic mass is 19.1. The van der Waals surface area contributed by atoms with Crippen LogP contribution < -0.4 is 0 Å². The largest absolute Gasteiger partial charge is 0.298 e. The van der Waals surface area contributed by atoms with Gasteiger partial charge in [-0.05, 0) is 82.9 Å². The molecule has 6 heteroatoms. The average molecular weight is 450 g/mol. The number of halogens is 1. The van der Waals surface area contributed by atoms with Gasteiger partial charge in [-0.25, -0.2) is 4.39 Å². The highest BCUT2D eigenvalue weighted by Gasteiger charge is 2.30. The van der Waals surface area contributed by atoms with Crippen molar-refractivity contribution in [1.82, 2.24) is 24.6 Å². The van der Waals surface area contributed by atoms with E-state index in [-0.39, 0.29) is 11.9 Å². The van der Waals surface area contributed by atoms with E-state index in [9.17, 15) is 4.39 Å². The first-order valence-corrected chi connectivity index (χ1v) is 12.0. The van der Waals surface area contributed by atoms with Crippen molar-refractivity contribution in [3.05, 3.63) is 82.7 Å². The number of aryl methyl sites for hydroxylation is 3. The lowest BCUT2D eigenvalue weighted by molar-refractivity contribution is 0.0943. The van der Waals surface area contributed by atoms with Crippen molar-refractivity contribution in [1.29, 1.82) is 0 Å². The maximum Gasteiger partial charge on any atom is 0.126 e. The number of nitrogens with zero attached hydrogens (tertiary/aromatic N) is 5. The highest BCUT2D eigenvalue weighted by molar-refractivity contribution is 5.20. The molecule has 0 radical (unpaired) electrons. The summed E-state index contributed by atoms with van der Waals surface area (Å²) in [6.07, 6.45) is 5.05. The van der Waals surface area contributed by atoms with Crippen molar-refractivity contribution in [2.75, 3.05) is 20.1 Å². The van der Waals surface area contributed by atoms with Gasteiger partial charge in [-0.1, -0.05) is 24.3 Å². The third-order valence-corrected chi connectivity index (χ3v) is 7.00. The van der Waals surface area contributed by atoms with Gasteiger partial charge in [-0.3, -0.25) is 19.5 Å². The number of likely N-dealkylation sites (tertiary alicyclic amines) is 1. The fraction of sp³-hybridized carbons (Fsp3) is 0.481. The molecule has 1 aliphatic rings. The first-order valence-electron chi connectivity index (χ1n) is 12.0. The molecule has 0 N–H and O–H groups in total. The molecule has 2 aromatic heterocycles. The lowest BCUT2D eigenvalue weighted by Crippen LogP contribution is -2.45. The van der Waals surface area contributed by atoms with E-state index in [1.165, 1.54) is 5.56 Å². The van der Waals surface area contributed by atoms with Gasteiger partial charge in [0.2, 0.25) is 0 Å². The van der Waals surface area contributed by atoms with Crippen molar-refractivity contribution in [2.45, 2.75) is 52.2 Å². The van der Waals surface area contributed by atoms with Gasteiger partial charge in [0.05, 0.1) is 11.4 Å². The highest BCUT2D eigenvalue weighted by Crippen LogP contribution is 2.29. The van der Waals surface area contributed by atoms with Gasteiger partial charge in [0, 0.05) is 43.6 Å². The molecule has 33 heavy (non-hydrogen) atoms. The summed E-state index contributed by atoms with van der Waals surface area (Å²) in [6, 6.07) is 13.8. The number of aromatic nitrogens is 3. The summed E-state index contributed by atoms with van der Waals surface area (Å²) in [4.78, 5) is 9.59. The fourth-order valence-electron chi connectivity index (χ4n) is 5.17. The van der Waals surface area contributed by atoms with Gasteiger partial charge in [0.25, 0.3) is 0 Å². The number of rotatable bonds is 8. The van der Waals surface area contributed by atoms with Crippen LogP contribution in [0, 0.1) is 25.6 Å². The van der Waals surface area contributed by atoms with Crippen LogP contribution in [0.2, 0.25) is 0 Å². The third-order valence-electron chi connectivity index (χ3n) is 7.00. The normalized spacial score (nSPS) is 16.4. The average Bonchev–Trinajstić information content (AvgIpc) is 3.10.